The van der Waals surface area contributed by atoms with Gasteiger partial charge in [-0.2, -0.15) is 0 Å². The number of aliphatic hydroxyl groups is 1. The van der Waals surface area contributed by atoms with Gasteiger partial charge in [0, 0.05) is 5.69 Å². The quantitative estimate of drug-likeness (QED) is 0.638. The fourth-order valence-corrected chi connectivity index (χ4v) is 0.763. The first-order valence-corrected chi connectivity index (χ1v) is 3.25. The first-order valence-electron chi connectivity index (χ1n) is 2.84. The van der Waals surface area contributed by atoms with Crippen molar-refractivity contribution < 1.29 is 9.81 Å². The SMILES string of the molecule is F.OC(=S)Nc1ccccc1. The Labute approximate surface area is 69.2 Å². The molecule has 0 saturated heterocycles. The molecule has 1 aromatic carbocycles. The molecule has 0 aliphatic carbocycles. The monoisotopic (exact) mass is 173 g/mol. The number of hydrogen-bond acceptors (Lipinski definition) is 1. The number of aliphatic hydroxyl groups excluding tert-OH is 1. The summed E-state index contributed by atoms with van der Waals surface area (Å²) >= 11 is 4.42. The lowest BCUT2D eigenvalue weighted by Crippen LogP contribution is -2.05. The first-order chi connectivity index (χ1) is 4.79. The summed E-state index contributed by atoms with van der Waals surface area (Å²) in [7, 11) is 0. The van der Waals surface area contributed by atoms with E-state index in [2.05, 4.69) is 17.5 Å². The number of hydrogen-bond donors (Lipinski definition) is 2. The van der Waals surface area contributed by atoms with Crippen molar-refractivity contribution in [3.05, 3.63) is 30.3 Å². The highest BCUT2D eigenvalue weighted by atomic mass is 32.1. The van der Waals surface area contributed by atoms with Crippen molar-refractivity contribution in [2.24, 2.45) is 0 Å². The molecule has 0 spiro atoms. The first kappa shape index (κ1) is 9.84. The van der Waals surface area contributed by atoms with Gasteiger partial charge in [0.15, 0.2) is 0 Å². The standard InChI is InChI=1S/C7H7NOS.FH/c9-7(10)8-6-4-2-1-3-5-6;/h1-5H,(H2,8,9,10);1H. The zero-order chi connectivity index (χ0) is 7.40. The van der Waals surface area contributed by atoms with Crippen LogP contribution in [0, 0.1) is 0 Å². The molecule has 0 atom stereocenters. The van der Waals surface area contributed by atoms with E-state index in [1.807, 2.05) is 30.3 Å². The van der Waals surface area contributed by atoms with Crippen molar-refractivity contribution in [1.29, 1.82) is 0 Å². The molecule has 1 rings (SSSR count). The van der Waals surface area contributed by atoms with E-state index in [9.17, 15) is 0 Å². The average molecular weight is 173 g/mol. The summed E-state index contributed by atoms with van der Waals surface area (Å²) in [6.07, 6.45) is 0. The van der Waals surface area contributed by atoms with Gasteiger partial charge in [0.2, 0.25) is 0 Å². The molecule has 4 heteroatoms. The van der Waals surface area contributed by atoms with E-state index < -0.39 is 0 Å². The number of halogens is 1. The molecule has 11 heavy (non-hydrogen) atoms. The molecule has 0 bridgehead atoms. The summed E-state index contributed by atoms with van der Waals surface area (Å²) in [5.41, 5.74) is 0.801. The van der Waals surface area contributed by atoms with E-state index in [0.29, 0.717) is 0 Å². The minimum Gasteiger partial charge on any atom is -0.486 e. The molecule has 0 aromatic heterocycles. The maximum atomic E-state index is 8.63. The molecule has 0 fully saturated rings. The number of nitrogens with one attached hydrogen (secondary N) is 1. The number of benzene rings is 1. The van der Waals surface area contributed by atoms with Crippen LogP contribution in [0.15, 0.2) is 30.3 Å². The number of rotatable bonds is 1. The summed E-state index contributed by atoms with van der Waals surface area (Å²) in [4.78, 5) is 0. The molecule has 0 saturated carbocycles. The Hall–Kier alpha value is -1.16. The average Bonchev–Trinajstić information content (AvgIpc) is 1.88. The van der Waals surface area contributed by atoms with E-state index in [-0.39, 0.29) is 9.88 Å². The van der Waals surface area contributed by atoms with Crippen LogP contribution >= 0.6 is 12.2 Å². The van der Waals surface area contributed by atoms with Crippen LogP contribution in [-0.4, -0.2) is 10.3 Å². The molecule has 0 amide bonds. The third kappa shape index (κ3) is 3.52. The molecular formula is C7H8FNOS. The maximum absolute atomic E-state index is 8.63. The molecule has 0 unspecified atom stereocenters. The molecule has 0 radical (unpaired) electrons. The van der Waals surface area contributed by atoms with Crippen molar-refractivity contribution in [3.63, 3.8) is 0 Å². The molecule has 2 N–H and O–H groups in total. The predicted molar refractivity (Wildman–Crippen MR) is 47.8 cm³/mol. The van der Waals surface area contributed by atoms with Gasteiger partial charge in [-0.3, -0.25) is 4.70 Å². The topological polar surface area (TPSA) is 32.3 Å². The number of para-hydroxylation sites is 1. The maximum Gasteiger partial charge on any atom is 0.258 e. The van der Waals surface area contributed by atoms with E-state index in [0.717, 1.165) is 5.69 Å². The number of anilines is 1. The van der Waals surface area contributed by atoms with Gasteiger partial charge in [-0.15, -0.1) is 0 Å². The molecule has 60 valence electrons. The zero-order valence-electron chi connectivity index (χ0n) is 5.65. The highest BCUT2D eigenvalue weighted by molar-refractivity contribution is 7.80. The minimum atomic E-state index is -0.203. The summed E-state index contributed by atoms with van der Waals surface area (Å²) in [6.45, 7) is 0. The Bertz CT molecular complexity index is 227. The van der Waals surface area contributed by atoms with Crippen LogP contribution in [0.1, 0.15) is 0 Å². The smallest absolute Gasteiger partial charge is 0.258 e. The molecule has 0 heterocycles. The largest absolute Gasteiger partial charge is 0.486 e. The van der Waals surface area contributed by atoms with Gasteiger partial charge in [0.1, 0.15) is 0 Å². The van der Waals surface area contributed by atoms with E-state index in [4.69, 9.17) is 5.11 Å². The molecule has 2 nitrogen and oxygen atoms in total. The second-order valence-corrected chi connectivity index (χ2v) is 2.18. The van der Waals surface area contributed by atoms with Crippen LogP contribution in [-0.2, 0) is 0 Å². The Morgan fingerprint density at radius 2 is 1.82 bits per heavy atom. The van der Waals surface area contributed by atoms with Crippen LogP contribution < -0.4 is 5.32 Å². The summed E-state index contributed by atoms with van der Waals surface area (Å²) in [5.74, 6) is 0. The Kier molecular flexibility index (Phi) is 4.14. The third-order valence-corrected chi connectivity index (χ3v) is 1.13. The van der Waals surface area contributed by atoms with Crippen LogP contribution in [0.25, 0.3) is 0 Å². The van der Waals surface area contributed by atoms with Gasteiger partial charge >= 0.3 is 0 Å². The Morgan fingerprint density at radius 3 is 2.27 bits per heavy atom. The van der Waals surface area contributed by atoms with Gasteiger partial charge in [0.25, 0.3) is 5.17 Å². The van der Waals surface area contributed by atoms with Crippen molar-refractivity contribution in [2.45, 2.75) is 0 Å². The second kappa shape index (κ2) is 4.62. The van der Waals surface area contributed by atoms with Crippen LogP contribution in [0.5, 0.6) is 0 Å². The van der Waals surface area contributed by atoms with Crippen molar-refractivity contribution in [1.82, 2.24) is 0 Å². The van der Waals surface area contributed by atoms with Gasteiger partial charge < -0.3 is 10.4 Å². The van der Waals surface area contributed by atoms with Gasteiger partial charge in [0.05, 0.1) is 0 Å². The minimum absolute atomic E-state index is 0. The summed E-state index contributed by atoms with van der Waals surface area (Å²) < 4.78 is 0. The van der Waals surface area contributed by atoms with E-state index in [1.54, 1.807) is 0 Å². The highest BCUT2D eigenvalue weighted by Crippen LogP contribution is 2.03. The third-order valence-electron chi connectivity index (χ3n) is 1.03. The van der Waals surface area contributed by atoms with E-state index >= 15 is 0 Å². The second-order valence-electron chi connectivity index (χ2n) is 1.80. The zero-order valence-corrected chi connectivity index (χ0v) is 6.47. The normalized spacial score (nSPS) is 8.00. The van der Waals surface area contributed by atoms with Gasteiger partial charge in [-0.1, -0.05) is 18.2 Å². The summed E-state index contributed by atoms with van der Waals surface area (Å²) in [5, 5.41) is 11.0. The lowest BCUT2D eigenvalue weighted by Gasteiger charge is -1.99. The van der Waals surface area contributed by atoms with E-state index in [1.165, 1.54) is 0 Å². The Morgan fingerprint density at radius 1 is 1.27 bits per heavy atom. The van der Waals surface area contributed by atoms with Crippen LogP contribution in [0.2, 0.25) is 0 Å². The highest BCUT2D eigenvalue weighted by Gasteiger charge is 1.89. The van der Waals surface area contributed by atoms with Gasteiger partial charge in [-0.25, -0.2) is 0 Å². The van der Waals surface area contributed by atoms with Crippen molar-refractivity contribution >= 4 is 23.1 Å². The van der Waals surface area contributed by atoms with Crippen LogP contribution in [0.4, 0.5) is 10.4 Å². The lowest BCUT2D eigenvalue weighted by molar-refractivity contribution is 0.567. The fraction of sp³-hybridized carbons (Fsp3) is 0. The lowest BCUT2D eigenvalue weighted by atomic mass is 10.3. The fourth-order valence-electron chi connectivity index (χ4n) is 0.645. The van der Waals surface area contributed by atoms with Crippen molar-refractivity contribution in [3.8, 4) is 0 Å². The number of thiocarbonyl (C=S) groups is 1. The molecule has 0 aliphatic heterocycles. The predicted octanol–water partition coefficient (Wildman–Crippen LogP) is 2.09. The van der Waals surface area contributed by atoms with Crippen molar-refractivity contribution in [2.75, 3.05) is 5.32 Å². The van der Waals surface area contributed by atoms with Gasteiger partial charge in [-0.05, 0) is 24.4 Å². The molecule has 0 aliphatic rings. The molecular weight excluding hydrogens is 165 g/mol. The summed E-state index contributed by atoms with van der Waals surface area (Å²) in [6, 6.07) is 9.26. The van der Waals surface area contributed by atoms with Crippen LogP contribution in [0.3, 0.4) is 0 Å². The Balaban J connectivity index is 0.000001000. The molecule has 1 aromatic rings.